The summed E-state index contributed by atoms with van der Waals surface area (Å²) in [7, 11) is -3.35. The highest BCUT2D eigenvalue weighted by Crippen LogP contribution is 2.28. The number of sulfonamides is 1. The van der Waals surface area contributed by atoms with Gasteiger partial charge < -0.3 is 4.98 Å². The predicted molar refractivity (Wildman–Crippen MR) is 75.8 cm³/mol. The van der Waals surface area contributed by atoms with Crippen molar-refractivity contribution in [3.8, 4) is 0 Å². The van der Waals surface area contributed by atoms with Crippen LogP contribution in [0.1, 0.15) is 24.6 Å². The fourth-order valence-corrected chi connectivity index (χ4v) is 4.10. The molecular formula is C14H17N3O2S. The Kier molecular flexibility index (Phi) is 3.58. The van der Waals surface area contributed by atoms with E-state index < -0.39 is 10.0 Å². The number of imidazole rings is 1. The molecule has 0 atom stereocenters. The molecule has 1 aromatic carbocycles. The van der Waals surface area contributed by atoms with Gasteiger partial charge in [0.25, 0.3) is 0 Å². The minimum atomic E-state index is -3.35. The van der Waals surface area contributed by atoms with Gasteiger partial charge in [-0.25, -0.2) is 13.4 Å². The SMILES string of the molecule is O=S(=O)(c1ccccc1)N1CCC(c2ncc[nH]2)CC1. The number of piperidine rings is 1. The third-order valence-corrected chi connectivity index (χ3v) is 5.65. The summed E-state index contributed by atoms with van der Waals surface area (Å²) in [6.07, 6.45) is 5.16. The third kappa shape index (κ3) is 2.48. The van der Waals surface area contributed by atoms with Gasteiger partial charge >= 0.3 is 0 Å². The van der Waals surface area contributed by atoms with Crippen LogP contribution in [-0.4, -0.2) is 35.8 Å². The summed E-state index contributed by atoms with van der Waals surface area (Å²) >= 11 is 0. The second kappa shape index (κ2) is 5.38. The van der Waals surface area contributed by atoms with Gasteiger partial charge in [0.2, 0.25) is 10.0 Å². The Bertz CT molecular complexity index is 645. The van der Waals surface area contributed by atoms with Gasteiger partial charge in [-0.3, -0.25) is 0 Å². The zero-order valence-corrected chi connectivity index (χ0v) is 11.9. The number of rotatable bonds is 3. The number of nitrogens with zero attached hydrogens (tertiary/aromatic N) is 2. The normalized spacial score (nSPS) is 18.2. The first-order valence-electron chi connectivity index (χ1n) is 6.72. The van der Waals surface area contributed by atoms with Crippen molar-refractivity contribution in [2.45, 2.75) is 23.7 Å². The minimum Gasteiger partial charge on any atom is -0.348 e. The molecule has 1 aliphatic heterocycles. The molecule has 20 heavy (non-hydrogen) atoms. The van der Waals surface area contributed by atoms with E-state index in [0.717, 1.165) is 18.7 Å². The van der Waals surface area contributed by atoms with Crippen LogP contribution in [-0.2, 0) is 10.0 Å². The van der Waals surface area contributed by atoms with E-state index in [0.29, 0.717) is 23.9 Å². The van der Waals surface area contributed by atoms with Crippen LogP contribution >= 0.6 is 0 Å². The first-order valence-corrected chi connectivity index (χ1v) is 8.16. The van der Waals surface area contributed by atoms with Crippen molar-refractivity contribution in [2.75, 3.05) is 13.1 Å². The maximum Gasteiger partial charge on any atom is 0.243 e. The van der Waals surface area contributed by atoms with E-state index in [1.54, 1.807) is 34.8 Å². The van der Waals surface area contributed by atoms with Crippen LogP contribution in [0.25, 0.3) is 0 Å². The summed E-state index contributed by atoms with van der Waals surface area (Å²) < 4.78 is 26.5. The Morgan fingerprint density at radius 2 is 1.85 bits per heavy atom. The van der Waals surface area contributed by atoms with Gasteiger partial charge in [0, 0.05) is 31.4 Å². The lowest BCUT2D eigenvalue weighted by Gasteiger charge is -2.30. The van der Waals surface area contributed by atoms with E-state index in [-0.39, 0.29) is 0 Å². The zero-order chi connectivity index (χ0) is 14.0. The summed E-state index contributed by atoms with van der Waals surface area (Å²) in [4.78, 5) is 7.75. The largest absolute Gasteiger partial charge is 0.348 e. The molecule has 0 bridgehead atoms. The fourth-order valence-electron chi connectivity index (χ4n) is 2.61. The standard InChI is InChI=1S/C14H17N3O2S/c18-20(19,13-4-2-1-3-5-13)17-10-6-12(7-11-17)14-15-8-9-16-14/h1-5,8-9,12H,6-7,10-11H2,(H,15,16). The molecule has 1 fully saturated rings. The van der Waals surface area contributed by atoms with Crippen LogP contribution < -0.4 is 0 Å². The number of aromatic amines is 1. The smallest absolute Gasteiger partial charge is 0.243 e. The Balaban J connectivity index is 1.72. The summed E-state index contributed by atoms with van der Waals surface area (Å²) in [5.74, 6) is 1.29. The monoisotopic (exact) mass is 291 g/mol. The average molecular weight is 291 g/mol. The van der Waals surface area contributed by atoms with Crippen LogP contribution in [0.2, 0.25) is 0 Å². The molecule has 0 saturated carbocycles. The second-order valence-electron chi connectivity index (χ2n) is 4.97. The van der Waals surface area contributed by atoms with E-state index in [1.807, 2.05) is 12.3 Å². The molecule has 0 spiro atoms. The molecule has 1 aromatic heterocycles. The predicted octanol–water partition coefficient (Wildman–Crippen LogP) is 1.98. The first-order chi connectivity index (χ1) is 9.68. The van der Waals surface area contributed by atoms with Gasteiger partial charge in [-0.15, -0.1) is 0 Å². The highest BCUT2D eigenvalue weighted by Gasteiger charge is 2.30. The molecule has 6 heteroatoms. The van der Waals surface area contributed by atoms with E-state index >= 15 is 0 Å². The van der Waals surface area contributed by atoms with Gasteiger partial charge in [0.15, 0.2) is 0 Å². The van der Waals surface area contributed by atoms with E-state index in [4.69, 9.17) is 0 Å². The average Bonchev–Trinajstić information content (AvgIpc) is 3.02. The van der Waals surface area contributed by atoms with Crippen LogP contribution in [0.3, 0.4) is 0 Å². The topological polar surface area (TPSA) is 66.1 Å². The molecule has 0 unspecified atom stereocenters. The highest BCUT2D eigenvalue weighted by molar-refractivity contribution is 7.89. The summed E-state index contributed by atoms with van der Waals surface area (Å²) in [5, 5.41) is 0. The van der Waals surface area contributed by atoms with Crippen LogP contribution in [0, 0.1) is 0 Å². The highest BCUT2D eigenvalue weighted by atomic mass is 32.2. The minimum absolute atomic E-state index is 0.326. The lowest BCUT2D eigenvalue weighted by molar-refractivity contribution is 0.314. The number of benzene rings is 1. The molecule has 2 aromatic rings. The lowest BCUT2D eigenvalue weighted by Crippen LogP contribution is -2.38. The number of hydrogen-bond donors (Lipinski definition) is 1. The zero-order valence-electron chi connectivity index (χ0n) is 11.1. The van der Waals surface area contributed by atoms with E-state index in [9.17, 15) is 8.42 Å². The van der Waals surface area contributed by atoms with Gasteiger partial charge in [-0.1, -0.05) is 18.2 Å². The first kappa shape index (κ1) is 13.3. The van der Waals surface area contributed by atoms with Gasteiger partial charge in [-0.2, -0.15) is 4.31 Å². The maximum absolute atomic E-state index is 12.5. The molecule has 2 heterocycles. The maximum atomic E-state index is 12.5. The summed E-state index contributed by atoms with van der Waals surface area (Å²) in [6.45, 7) is 1.09. The molecule has 106 valence electrons. The van der Waals surface area contributed by atoms with Crippen molar-refractivity contribution in [2.24, 2.45) is 0 Å². The Labute approximate surface area is 118 Å². The summed E-state index contributed by atoms with van der Waals surface area (Å²) in [5.41, 5.74) is 0. The molecule has 0 amide bonds. The molecule has 0 aliphatic carbocycles. The van der Waals surface area contributed by atoms with Crippen molar-refractivity contribution in [1.82, 2.24) is 14.3 Å². The molecule has 1 aliphatic rings. The fraction of sp³-hybridized carbons (Fsp3) is 0.357. The molecule has 0 radical (unpaired) electrons. The molecule has 3 rings (SSSR count). The summed E-state index contributed by atoms with van der Waals surface area (Å²) in [6, 6.07) is 8.62. The molecule has 1 N–H and O–H groups in total. The van der Waals surface area contributed by atoms with Crippen LogP contribution in [0.5, 0.6) is 0 Å². The number of hydrogen-bond acceptors (Lipinski definition) is 3. The van der Waals surface area contributed by atoms with Crippen molar-refractivity contribution in [3.63, 3.8) is 0 Å². The Morgan fingerprint density at radius 3 is 2.45 bits per heavy atom. The van der Waals surface area contributed by atoms with E-state index in [1.165, 1.54) is 0 Å². The number of nitrogens with one attached hydrogen (secondary N) is 1. The van der Waals surface area contributed by atoms with Crippen molar-refractivity contribution >= 4 is 10.0 Å². The van der Waals surface area contributed by atoms with Gasteiger partial charge in [0.1, 0.15) is 5.82 Å². The number of H-pyrrole nitrogens is 1. The van der Waals surface area contributed by atoms with Crippen molar-refractivity contribution in [3.05, 3.63) is 48.5 Å². The van der Waals surface area contributed by atoms with Crippen molar-refractivity contribution in [1.29, 1.82) is 0 Å². The quantitative estimate of drug-likeness (QED) is 0.940. The second-order valence-corrected chi connectivity index (χ2v) is 6.90. The third-order valence-electron chi connectivity index (χ3n) is 3.74. The van der Waals surface area contributed by atoms with Crippen LogP contribution in [0.4, 0.5) is 0 Å². The van der Waals surface area contributed by atoms with Crippen LogP contribution in [0.15, 0.2) is 47.6 Å². The molecule has 5 nitrogen and oxygen atoms in total. The van der Waals surface area contributed by atoms with E-state index in [2.05, 4.69) is 9.97 Å². The lowest BCUT2D eigenvalue weighted by atomic mass is 9.98. The van der Waals surface area contributed by atoms with Gasteiger partial charge in [-0.05, 0) is 25.0 Å². The Hall–Kier alpha value is -1.66. The van der Waals surface area contributed by atoms with Crippen molar-refractivity contribution < 1.29 is 8.42 Å². The Morgan fingerprint density at radius 1 is 1.15 bits per heavy atom. The number of aromatic nitrogens is 2. The van der Waals surface area contributed by atoms with Gasteiger partial charge in [0.05, 0.1) is 4.90 Å². The molecular weight excluding hydrogens is 274 g/mol. The molecule has 1 saturated heterocycles.